The number of hydroxylamine groups is 2. The third-order valence-corrected chi connectivity index (χ3v) is 5.71. The van der Waals surface area contributed by atoms with Crippen molar-refractivity contribution in [2.75, 3.05) is 55.7 Å². The van der Waals surface area contributed by atoms with Gasteiger partial charge in [0.15, 0.2) is 5.78 Å². The summed E-state index contributed by atoms with van der Waals surface area (Å²) in [6, 6.07) is 13.6. The van der Waals surface area contributed by atoms with E-state index in [1.807, 2.05) is 23.1 Å². The number of amides is 2. The van der Waals surface area contributed by atoms with Gasteiger partial charge in [-0.25, -0.2) is 9.18 Å². The van der Waals surface area contributed by atoms with Crippen molar-refractivity contribution in [3.05, 3.63) is 59.9 Å². The van der Waals surface area contributed by atoms with Gasteiger partial charge in [-0.3, -0.25) is 19.3 Å². The second-order valence-corrected chi connectivity index (χ2v) is 8.16. The zero-order valence-corrected chi connectivity index (χ0v) is 18.9. The van der Waals surface area contributed by atoms with E-state index >= 15 is 4.39 Å². The molecule has 4 rings (SSSR count). The lowest BCUT2D eigenvalue weighted by Gasteiger charge is -2.24. The molecule has 2 heterocycles. The van der Waals surface area contributed by atoms with Crippen LogP contribution in [-0.4, -0.2) is 74.8 Å². The van der Waals surface area contributed by atoms with Crippen molar-refractivity contribution in [1.29, 1.82) is 0 Å². The number of halogens is 1. The van der Waals surface area contributed by atoms with Crippen molar-refractivity contribution < 1.29 is 28.3 Å². The van der Waals surface area contributed by atoms with Crippen molar-refractivity contribution in [1.82, 2.24) is 10.4 Å². The van der Waals surface area contributed by atoms with Gasteiger partial charge in [0, 0.05) is 32.1 Å². The molecule has 2 fully saturated rings. The van der Waals surface area contributed by atoms with Gasteiger partial charge >= 0.3 is 6.09 Å². The van der Waals surface area contributed by atoms with Crippen LogP contribution in [0.2, 0.25) is 0 Å². The lowest BCUT2D eigenvalue weighted by Crippen LogP contribution is -2.34. The minimum absolute atomic E-state index is 0. The maximum atomic E-state index is 15.0. The third kappa shape index (κ3) is 6.55. The monoisotopic (exact) mass is 486 g/mol. The van der Waals surface area contributed by atoms with Crippen LogP contribution in [-0.2, 0) is 14.4 Å². The minimum Gasteiger partial charge on any atom is -0.442 e. The summed E-state index contributed by atoms with van der Waals surface area (Å²) in [7, 11) is 0. The maximum absolute atomic E-state index is 15.0. The summed E-state index contributed by atoms with van der Waals surface area (Å²) in [4.78, 5) is 44.7. The predicted octanol–water partition coefficient (Wildman–Crippen LogP) is 2.86. The minimum atomic E-state index is -0.579. The molecule has 0 aliphatic carbocycles. The third-order valence-electron chi connectivity index (χ3n) is 5.71. The van der Waals surface area contributed by atoms with E-state index in [1.165, 1.54) is 17.9 Å². The Hall–Kier alpha value is -3.50. The number of Topliss-reactive ketones (excluding diaryl/α,β-unsaturated/α-hetero) is 1. The first kappa shape index (κ1) is 26.1. The number of ketones is 1. The smallest absolute Gasteiger partial charge is 0.414 e. The Bertz CT molecular complexity index is 1050. The zero-order chi connectivity index (χ0) is 24.1. The van der Waals surface area contributed by atoms with Crippen LogP contribution in [0.25, 0.3) is 0 Å². The largest absolute Gasteiger partial charge is 0.442 e. The van der Waals surface area contributed by atoms with Crippen LogP contribution >= 0.6 is 0 Å². The number of benzene rings is 2. The predicted molar refractivity (Wildman–Crippen MR) is 130 cm³/mol. The van der Waals surface area contributed by atoms with Crippen LogP contribution in [0.15, 0.2) is 48.5 Å². The number of nitrogens with one attached hydrogen (secondary N) is 1. The lowest BCUT2D eigenvalue weighted by molar-refractivity contribution is -0.139. The molecule has 2 saturated heterocycles. The van der Waals surface area contributed by atoms with Gasteiger partial charge in [0.2, 0.25) is 5.91 Å². The molecule has 0 saturated carbocycles. The number of nitrogens with zero attached hydrogens (tertiary/aromatic N) is 3. The van der Waals surface area contributed by atoms with Crippen LogP contribution < -0.4 is 15.1 Å². The van der Waals surface area contributed by atoms with Crippen molar-refractivity contribution in [3.8, 4) is 0 Å². The Kier molecular flexibility index (Phi) is 8.78. The summed E-state index contributed by atoms with van der Waals surface area (Å²) in [5, 5.41) is 4.22. The van der Waals surface area contributed by atoms with Crippen molar-refractivity contribution in [3.63, 3.8) is 0 Å². The second-order valence-electron chi connectivity index (χ2n) is 8.16. The molecule has 2 aliphatic rings. The Balaban J connectivity index is 0.00000342. The molecule has 10 heteroatoms. The highest BCUT2D eigenvalue weighted by Crippen LogP contribution is 2.28. The van der Waals surface area contributed by atoms with E-state index in [9.17, 15) is 14.4 Å². The summed E-state index contributed by atoms with van der Waals surface area (Å²) in [5.41, 5.74) is 1.40. The number of carbonyl (C=O) groups is 3. The first-order valence-electron chi connectivity index (χ1n) is 11.1. The van der Waals surface area contributed by atoms with E-state index in [-0.39, 0.29) is 38.8 Å². The summed E-state index contributed by atoms with van der Waals surface area (Å²) in [6.07, 6.45) is -1.07. The SMILES string of the molecule is C.CC(=O)NC[C@H]1CN(c2ccc(N3CCON(CC(=O)c4ccccc4)CC3)c(F)c2)C(=O)O1. The fourth-order valence-electron chi connectivity index (χ4n) is 3.95. The number of cyclic esters (lactones) is 1. The van der Waals surface area contributed by atoms with Gasteiger partial charge in [0.1, 0.15) is 11.9 Å². The van der Waals surface area contributed by atoms with Crippen molar-refractivity contribution in [2.45, 2.75) is 20.5 Å². The van der Waals surface area contributed by atoms with Crippen LogP contribution in [0.3, 0.4) is 0 Å². The maximum Gasteiger partial charge on any atom is 0.414 e. The number of rotatable bonds is 7. The highest BCUT2D eigenvalue weighted by atomic mass is 19.1. The molecule has 0 spiro atoms. The van der Waals surface area contributed by atoms with Gasteiger partial charge in [0.25, 0.3) is 0 Å². The number of carbonyl (C=O) groups excluding carboxylic acids is 3. The Morgan fingerprint density at radius 3 is 2.60 bits per heavy atom. The molecular weight excluding hydrogens is 455 g/mol. The molecule has 2 aromatic rings. The Labute approximate surface area is 204 Å². The molecule has 1 N–H and O–H groups in total. The molecular formula is C25H31FN4O5. The van der Waals surface area contributed by atoms with Gasteiger partial charge in [0.05, 0.1) is 37.6 Å². The summed E-state index contributed by atoms with van der Waals surface area (Å²) in [5.74, 6) is -0.724. The quantitative estimate of drug-likeness (QED) is 0.602. The molecule has 0 radical (unpaired) electrons. The molecule has 35 heavy (non-hydrogen) atoms. The van der Waals surface area contributed by atoms with Crippen LogP contribution in [0, 0.1) is 5.82 Å². The molecule has 0 bridgehead atoms. The van der Waals surface area contributed by atoms with Gasteiger partial charge in [-0.2, -0.15) is 5.06 Å². The molecule has 2 aromatic carbocycles. The Morgan fingerprint density at radius 1 is 1.11 bits per heavy atom. The van der Waals surface area contributed by atoms with E-state index in [1.54, 1.807) is 29.3 Å². The lowest BCUT2D eigenvalue weighted by atomic mass is 10.1. The van der Waals surface area contributed by atoms with E-state index in [0.717, 1.165) is 0 Å². The molecule has 9 nitrogen and oxygen atoms in total. The number of ether oxygens (including phenoxy) is 1. The second kappa shape index (κ2) is 11.8. The zero-order valence-electron chi connectivity index (χ0n) is 18.9. The number of hydrogen-bond donors (Lipinski definition) is 1. The number of anilines is 2. The fraction of sp³-hybridized carbons (Fsp3) is 0.400. The normalized spacial score (nSPS) is 18.5. The highest BCUT2D eigenvalue weighted by Gasteiger charge is 2.33. The molecule has 0 unspecified atom stereocenters. The first-order chi connectivity index (χ1) is 16.4. The van der Waals surface area contributed by atoms with Gasteiger partial charge in [-0.15, -0.1) is 0 Å². The average molecular weight is 487 g/mol. The fourth-order valence-corrected chi connectivity index (χ4v) is 3.95. The molecule has 1 atom stereocenters. The number of hydrogen-bond acceptors (Lipinski definition) is 7. The average Bonchev–Trinajstić information content (AvgIpc) is 3.05. The van der Waals surface area contributed by atoms with Gasteiger partial charge in [-0.1, -0.05) is 37.8 Å². The van der Waals surface area contributed by atoms with Crippen LogP contribution in [0.5, 0.6) is 0 Å². The first-order valence-corrected chi connectivity index (χ1v) is 11.1. The Morgan fingerprint density at radius 2 is 1.89 bits per heavy atom. The van der Waals surface area contributed by atoms with Gasteiger partial charge < -0.3 is 15.0 Å². The van der Waals surface area contributed by atoms with Crippen molar-refractivity contribution >= 4 is 29.2 Å². The molecule has 0 aromatic heterocycles. The molecule has 2 amide bonds. The van der Waals surface area contributed by atoms with Crippen molar-refractivity contribution in [2.24, 2.45) is 0 Å². The van der Waals surface area contributed by atoms with E-state index < -0.39 is 18.0 Å². The topological polar surface area (TPSA) is 91.4 Å². The summed E-state index contributed by atoms with van der Waals surface area (Å²) < 4.78 is 20.3. The summed E-state index contributed by atoms with van der Waals surface area (Å²) in [6.45, 7) is 3.61. The van der Waals surface area contributed by atoms with Gasteiger partial charge in [-0.05, 0) is 18.2 Å². The van der Waals surface area contributed by atoms with Crippen LogP contribution in [0.1, 0.15) is 24.7 Å². The molecule has 188 valence electrons. The van der Waals surface area contributed by atoms with E-state index in [0.29, 0.717) is 43.2 Å². The van der Waals surface area contributed by atoms with Crippen LogP contribution in [0.4, 0.5) is 20.6 Å². The highest BCUT2D eigenvalue weighted by molar-refractivity contribution is 5.97. The standard InChI is InChI=1S/C24H27FN4O5.CH4/c1-17(30)26-14-20-15-29(24(32)34-20)19-7-8-22(21(25)13-19)27-9-10-28(33-12-11-27)16-23(31)18-5-3-2-4-6-18;/h2-8,13,20H,9-12,14-16H2,1H3,(H,26,30);1H4/t20-;/m0./s1. The molecule has 2 aliphatic heterocycles. The van der Waals surface area contributed by atoms with E-state index in [4.69, 9.17) is 9.57 Å². The van der Waals surface area contributed by atoms with E-state index in [2.05, 4.69) is 5.32 Å². The summed E-state index contributed by atoms with van der Waals surface area (Å²) >= 11 is 0.